The van der Waals surface area contributed by atoms with Crippen molar-refractivity contribution in [1.82, 2.24) is 15.3 Å². The first-order valence-electron chi connectivity index (χ1n) is 6.69. The molecule has 1 unspecified atom stereocenters. The van der Waals surface area contributed by atoms with E-state index in [1.807, 2.05) is 27.7 Å². The topological polar surface area (TPSA) is 81.2 Å². The molecular weight excluding hydrogens is 294 g/mol. The van der Waals surface area contributed by atoms with Gasteiger partial charge in [-0.1, -0.05) is 39.3 Å². The maximum absolute atomic E-state index is 12.3. The highest BCUT2D eigenvalue weighted by Crippen LogP contribution is 2.17. The van der Waals surface area contributed by atoms with Crippen LogP contribution in [-0.2, 0) is 9.53 Å². The number of esters is 1. The fourth-order valence-corrected chi connectivity index (χ4v) is 1.83. The van der Waals surface area contributed by atoms with E-state index in [2.05, 4.69) is 20.0 Å². The van der Waals surface area contributed by atoms with Crippen molar-refractivity contribution in [2.24, 2.45) is 5.92 Å². The molecule has 0 bridgehead atoms. The molecule has 6 nitrogen and oxygen atoms in total. The minimum Gasteiger partial charge on any atom is -0.467 e. The lowest BCUT2D eigenvalue weighted by Gasteiger charge is -2.20. The molecule has 1 amide bonds. The van der Waals surface area contributed by atoms with Crippen LogP contribution in [0.4, 0.5) is 0 Å². The van der Waals surface area contributed by atoms with Crippen LogP contribution in [0, 0.1) is 5.92 Å². The molecule has 1 rings (SSSR count). The van der Waals surface area contributed by atoms with Crippen molar-refractivity contribution in [1.29, 1.82) is 0 Å². The van der Waals surface area contributed by atoms with Crippen LogP contribution in [0.5, 0.6) is 0 Å². The van der Waals surface area contributed by atoms with Crippen LogP contribution in [0.1, 0.15) is 49.9 Å². The zero-order chi connectivity index (χ0) is 16.2. The average molecular weight is 314 g/mol. The van der Waals surface area contributed by atoms with Gasteiger partial charge in [-0.25, -0.2) is 14.8 Å². The van der Waals surface area contributed by atoms with E-state index in [9.17, 15) is 9.59 Å². The van der Waals surface area contributed by atoms with Crippen molar-refractivity contribution >= 4 is 23.5 Å². The van der Waals surface area contributed by atoms with Gasteiger partial charge in [0, 0.05) is 5.92 Å². The van der Waals surface area contributed by atoms with Crippen molar-refractivity contribution < 1.29 is 14.3 Å². The molecule has 7 heteroatoms. The Morgan fingerprint density at radius 1 is 1.29 bits per heavy atom. The fourth-order valence-electron chi connectivity index (χ4n) is 1.65. The number of nitrogens with zero attached hydrogens (tertiary/aromatic N) is 2. The van der Waals surface area contributed by atoms with Gasteiger partial charge in [0.15, 0.2) is 0 Å². The first-order valence-corrected chi connectivity index (χ1v) is 7.06. The molecule has 1 N–H and O–H groups in total. The number of halogens is 1. The molecule has 0 aliphatic heterocycles. The number of nitrogens with one attached hydrogen (secondary N) is 1. The summed E-state index contributed by atoms with van der Waals surface area (Å²) >= 11 is 5.97. The minimum atomic E-state index is -0.754. The number of ether oxygens (including phenoxy) is 1. The lowest BCUT2D eigenvalue weighted by atomic mass is 10.0. The Morgan fingerprint density at radius 3 is 2.38 bits per heavy atom. The molecule has 1 aromatic heterocycles. The number of aromatic nitrogens is 2. The summed E-state index contributed by atoms with van der Waals surface area (Å²) < 4.78 is 4.68. The molecule has 21 heavy (non-hydrogen) atoms. The van der Waals surface area contributed by atoms with Gasteiger partial charge in [-0.15, -0.1) is 0 Å². The predicted octanol–water partition coefficient (Wildman–Crippen LogP) is 2.18. The molecule has 0 spiro atoms. The van der Waals surface area contributed by atoms with E-state index in [-0.39, 0.29) is 22.6 Å². The van der Waals surface area contributed by atoms with E-state index in [0.717, 1.165) is 0 Å². The maximum Gasteiger partial charge on any atom is 0.328 e. The molecule has 0 saturated heterocycles. The van der Waals surface area contributed by atoms with Crippen LogP contribution in [0.2, 0.25) is 5.02 Å². The monoisotopic (exact) mass is 313 g/mol. The van der Waals surface area contributed by atoms with E-state index in [1.54, 1.807) is 0 Å². The fraction of sp³-hybridized carbons (Fsp3) is 0.571. The second-order valence-corrected chi connectivity index (χ2v) is 5.70. The largest absolute Gasteiger partial charge is 0.467 e. The van der Waals surface area contributed by atoms with E-state index in [0.29, 0.717) is 5.82 Å². The van der Waals surface area contributed by atoms with Crippen molar-refractivity contribution in [2.75, 3.05) is 7.11 Å². The molecule has 0 saturated carbocycles. The summed E-state index contributed by atoms with van der Waals surface area (Å²) in [5.41, 5.74) is 0.0601. The van der Waals surface area contributed by atoms with Crippen LogP contribution in [0.25, 0.3) is 0 Å². The summed E-state index contributed by atoms with van der Waals surface area (Å²) in [6, 6.07) is -0.754. The molecule has 0 aliphatic rings. The van der Waals surface area contributed by atoms with Crippen LogP contribution in [-0.4, -0.2) is 35.0 Å². The second-order valence-electron chi connectivity index (χ2n) is 5.30. The van der Waals surface area contributed by atoms with E-state index >= 15 is 0 Å². The lowest BCUT2D eigenvalue weighted by molar-refractivity contribution is -0.144. The predicted molar refractivity (Wildman–Crippen MR) is 79.2 cm³/mol. The number of amides is 1. The quantitative estimate of drug-likeness (QED) is 0.843. The Labute approximate surface area is 129 Å². The SMILES string of the molecule is COC(=O)C(NC(=O)c1nc(C(C)C)ncc1Cl)C(C)C. The number of methoxy groups -OCH3 is 1. The summed E-state index contributed by atoms with van der Waals surface area (Å²) in [5.74, 6) is -0.563. The Balaban J connectivity index is 3.02. The zero-order valence-electron chi connectivity index (χ0n) is 12.8. The molecule has 1 heterocycles. The van der Waals surface area contributed by atoms with E-state index < -0.39 is 17.9 Å². The molecule has 0 aromatic carbocycles. The van der Waals surface area contributed by atoms with E-state index in [4.69, 9.17) is 11.6 Å². The van der Waals surface area contributed by atoms with Gasteiger partial charge >= 0.3 is 5.97 Å². The van der Waals surface area contributed by atoms with Gasteiger partial charge in [0.1, 0.15) is 17.6 Å². The Bertz CT molecular complexity index is 532. The number of carbonyl (C=O) groups is 2. The first-order chi connectivity index (χ1) is 9.77. The molecule has 116 valence electrons. The summed E-state index contributed by atoms with van der Waals surface area (Å²) in [7, 11) is 1.28. The highest BCUT2D eigenvalue weighted by molar-refractivity contribution is 6.33. The highest BCUT2D eigenvalue weighted by Gasteiger charge is 2.27. The van der Waals surface area contributed by atoms with Crippen LogP contribution < -0.4 is 5.32 Å². The van der Waals surface area contributed by atoms with Gasteiger partial charge < -0.3 is 10.1 Å². The Kier molecular flexibility index (Phi) is 6.08. The second kappa shape index (κ2) is 7.36. The standard InChI is InChI=1S/C14H20ClN3O3/c1-7(2)10(14(20)21-5)18-13(19)11-9(15)6-16-12(17-11)8(3)4/h6-8,10H,1-5H3,(H,18,19). The molecule has 1 aromatic rings. The summed E-state index contributed by atoms with van der Waals surface area (Å²) in [4.78, 5) is 32.2. The molecule has 0 radical (unpaired) electrons. The zero-order valence-corrected chi connectivity index (χ0v) is 13.6. The molecule has 1 atom stereocenters. The molecular formula is C14H20ClN3O3. The van der Waals surface area contributed by atoms with Crippen LogP contribution >= 0.6 is 11.6 Å². The third-order valence-corrected chi connectivity index (χ3v) is 3.18. The molecule has 0 aliphatic carbocycles. The normalized spacial score (nSPS) is 12.4. The third-order valence-electron chi connectivity index (χ3n) is 2.90. The average Bonchev–Trinajstić information content (AvgIpc) is 2.43. The van der Waals surface area contributed by atoms with Crippen molar-refractivity contribution in [2.45, 2.75) is 39.7 Å². The van der Waals surface area contributed by atoms with E-state index in [1.165, 1.54) is 13.3 Å². The highest BCUT2D eigenvalue weighted by atomic mass is 35.5. The van der Waals surface area contributed by atoms with Crippen LogP contribution in [0.3, 0.4) is 0 Å². The summed E-state index contributed by atoms with van der Waals surface area (Å²) in [6.45, 7) is 7.44. The van der Waals surface area contributed by atoms with Gasteiger partial charge in [-0.05, 0) is 5.92 Å². The third kappa shape index (κ3) is 4.39. The van der Waals surface area contributed by atoms with Gasteiger partial charge in [-0.2, -0.15) is 0 Å². The number of hydrogen-bond acceptors (Lipinski definition) is 5. The van der Waals surface area contributed by atoms with Crippen molar-refractivity contribution in [3.05, 3.63) is 22.7 Å². The minimum absolute atomic E-state index is 0.0601. The Morgan fingerprint density at radius 2 is 1.90 bits per heavy atom. The lowest BCUT2D eigenvalue weighted by Crippen LogP contribution is -2.45. The summed E-state index contributed by atoms with van der Waals surface area (Å²) in [6.07, 6.45) is 1.39. The van der Waals surface area contributed by atoms with Crippen LogP contribution in [0.15, 0.2) is 6.20 Å². The van der Waals surface area contributed by atoms with Gasteiger partial charge in [0.25, 0.3) is 5.91 Å². The number of rotatable bonds is 5. The number of hydrogen-bond donors (Lipinski definition) is 1. The van der Waals surface area contributed by atoms with Crippen molar-refractivity contribution in [3.63, 3.8) is 0 Å². The van der Waals surface area contributed by atoms with Crippen molar-refractivity contribution in [3.8, 4) is 0 Å². The maximum atomic E-state index is 12.3. The van der Waals surface area contributed by atoms with Gasteiger partial charge in [-0.3, -0.25) is 4.79 Å². The first kappa shape index (κ1) is 17.4. The summed E-state index contributed by atoms with van der Waals surface area (Å²) in [5, 5.41) is 2.75. The van der Waals surface area contributed by atoms with Gasteiger partial charge in [0.05, 0.1) is 18.3 Å². The van der Waals surface area contributed by atoms with Gasteiger partial charge in [0.2, 0.25) is 0 Å². The molecule has 0 fully saturated rings. The Hall–Kier alpha value is -1.69. The number of carbonyl (C=O) groups excluding carboxylic acids is 2. The smallest absolute Gasteiger partial charge is 0.328 e.